The van der Waals surface area contributed by atoms with Crippen LogP contribution in [0.4, 0.5) is 0 Å². The number of hydrogen-bond donors (Lipinski definition) is 13. The average molecular weight is 1060 g/mol. The van der Waals surface area contributed by atoms with Crippen molar-refractivity contribution in [2.75, 3.05) is 13.6 Å². The van der Waals surface area contributed by atoms with Crippen LogP contribution in [0, 0.1) is 41.4 Å². The number of aliphatic imine (C=N–C) groups is 1. The first-order valence-corrected chi connectivity index (χ1v) is 28.3. The van der Waals surface area contributed by atoms with E-state index in [1.807, 2.05) is 20.8 Å². The number of allylic oxidation sites excluding steroid dienone is 2. The van der Waals surface area contributed by atoms with Crippen molar-refractivity contribution in [3.8, 4) is 0 Å². The quantitative estimate of drug-likeness (QED) is 0.0423. The van der Waals surface area contributed by atoms with E-state index < -0.39 is 103 Å². The van der Waals surface area contributed by atoms with E-state index in [4.69, 9.17) is 15.2 Å². The van der Waals surface area contributed by atoms with Crippen LogP contribution < -0.4 is 11.1 Å². The Kier molecular flexibility index (Phi) is 32.7. The number of aliphatic hydroxyl groups excluding tert-OH is 10. The molecule has 1 fully saturated rings. The Morgan fingerprint density at radius 2 is 1.32 bits per heavy atom. The molecule has 2 aliphatic rings. The van der Waals surface area contributed by atoms with E-state index in [9.17, 15) is 61.0 Å². The second-order valence-electron chi connectivity index (χ2n) is 22.8. The number of carbonyl (C=O) groups is 1. The molecule has 17 heteroatoms. The Labute approximate surface area is 444 Å². The summed E-state index contributed by atoms with van der Waals surface area (Å²) in [5, 5.41) is 124. The van der Waals surface area contributed by atoms with Gasteiger partial charge < -0.3 is 76.7 Å². The van der Waals surface area contributed by atoms with Crippen molar-refractivity contribution < 1.29 is 70.4 Å². The zero-order chi connectivity index (χ0) is 55.5. The fraction of sp³-hybridized carbons (Fsp3) is 0.860. The van der Waals surface area contributed by atoms with Gasteiger partial charge in [-0.1, -0.05) is 124 Å². The van der Waals surface area contributed by atoms with Crippen LogP contribution in [0.3, 0.4) is 0 Å². The highest BCUT2D eigenvalue weighted by Gasteiger charge is 2.49. The molecule has 20 atom stereocenters. The van der Waals surface area contributed by atoms with Crippen molar-refractivity contribution in [3.05, 3.63) is 36.5 Å². The van der Waals surface area contributed by atoms with E-state index in [0.717, 1.165) is 83.6 Å². The molecule has 0 radical (unpaired) electrons. The van der Waals surface area contributed by atoms with Gasteiger partial charge in [-0.05, 0) is 82.0 Å². The van der Waals surface area contributed by atoms with Gasteiger partial charge in [0.2, 0.25) is 0 Å². The van der Waals surface area contributed by atoms with Gasteiger partial charge in [0.05, 0.1) is 61.0 Å². The predicted molar refractivity (Wildman–Crippen MR) is 289 cm³/mol. The maximum Gasteiger partial charge on any atom is 0.330 e. The molecule has 0 spiro atoms. The summed E-state index contributed by atoms with van der Waals surface area (Å²) in [4.78, 5) is 17.4. The molecule has 20 unspecified atom stereocenters. The molecule has 432 valence electrons. The maximum absolute atomic E-state index is 13.5. The van der Waals surface area contributed by atoms with Gasteiger partial charge in [-0.25, -0.2) is 4.79 Å². The Morgan fingerprint density at radius 3 is 1.99 bits per heavy atom. The second kappa shape index (κ2) is 35.8. The Morgan fingerprint density at radius 1 is 0.716 bits per heavy atom. The third kappa shape index (κ3) is 25.8. The Bertz CT molecular complexity index is 1640. The zero-order valence-corrected chi connectivity index (χ0v) is 46.5. The van der Waals surface area contributed by atoms with Gasteiger partial charge >= 0.3 is 5.97 Å². The average Bonchev–Trinajstić information content (AvgIpc) is 3.34. The molecule has 17 nitrogen and oxygen atoms in total. The summed E-state index contributed by atoms with van der Waals surface area (Å²) in [6, 6.07) is 0. The maximum atomic E-state index is 13.5. The molecule has 1 saturated heterocycles. The number of nitrogens with one attached hydrogen (secondary N) is 1. The number of carbonyl (C=O) groups excluding carboxylic acids is 1. The first-order chi connectivity index (χ1) is 34.9. The second-order valence-corrected chi connectivity index (χ2v) is 22.8. The molecule has 0 aliphatic carbocycles. The third-order valence-electron chi connectivity index (χ3n) is 15.9. The van der Waals surface area contributed by atoms with Crippen molar-refractivity contribution >= 4 is 11.9 Å². The summed E-state index contributed by atoms with van der Waals surface area (Å²) < 4.78 is 12.0. The van der Waals surface area contributed by atoms with Crippen LogP contribution in [0.25, 0.3) is 0 Å². The number of esters is 1. The van der Waals surface area contributed by atoms with Crippen LogP contribution in [0.15, 0.2) is 41.4 Å². The summed E-state index contributed by atoms with van der Waals surface area (Å²) in [5.74, 6) is -4.61. The number of nitrogens with zero attached hydrogens (tertiary/aromatic N) is 1. The number of ether oxygens (including phenoxy) is 2. The molecule has 2 aliphatic heterocycles. The minimum atomic E-state index is -2.28. The number of rotatable bonds is 11. The molecule has 74 heavy (non-hydrogen) atoms. The van der Waals surface area contributed by atoms with E-state index in [-0.39, 0.29) is 56.3 Å². The van der Waals surface area contributed by atoms with Crippen LogP contribution >= 0.6 is 0 Å². The van der Waals surface area contributed by atoms with Gasteiger partial charge in [-0.15, -0.1) is 0 Å². The van der Waals surface area contributed by atoms with Crippen molar-refractivity contribution in [3.63, 3.8) is 0 Å². The first kappa shape index (κ1) is 67.6. The highest BCUT2D eigenvalue weighted by molar-refractivity contribution is 5.82. The molecule has 2 rings (SSSR count). The Balaban J connectivity index is 2.25. The van der Waals surface area contributed by atoms with Gasteiger partial charge in [0, 0.05) is 62.6 Å². The highest BCUT2D eigenvalue weighted by atomic mass is 16.7. The number of guanidine groups is 1. The lowest BCUT2D eigenvalue weighted by atomic mass is 9.84. The number of fused-ring (bicyclic) bond motifs is 2. The van der Waals surface area contributed by atoms with E-state index >= 15 is 0 Å². The smallest absolute Gasteiger partial charge is 0.330 e. The Hall–Kier alpha value is -2.52. The number of nitrogens with two attached hydrogens (primary N) is 1. The molecule has 2 bridgehead atoms. The summed E-state index contributed by atoms with van der Waals surface area (Å²) in [5.41, 5.74) is 5.69. The summed E-state index contributed by atoms with van der Waals surface area (Å²) in [6.45, 7) is 13.9. The molecular weight excluding hydrogens is 951 g/mol. The van der Waals surface area contributed by atoms with Crippen LogP contribution in [-0.4, -0.2) is 161 Å². The van der Waals surface area contributed by atoms with Crippen molar-refractivity contribution in [1.82, 2.24) is 5.32 Å². The zero-order valence-electron chi connectivity index (χ0n) is 46.5. The minimum Gasteiger partial charge on any atom is -0.458 e. The van der Waals surface area contributed by atoms with Crippen LogP contribution in [0.5, 0.6) is 0 Å². The monoisotopic (exact) mass is 1060 g/mol. The van der Waals surface area contributed by atoms with Crippen LogP contribution in [-0.2, 0) is 14.3 Å². The van der Waals surface area contributed by atoms with Gasteiger partial charge in [0.15, 0.2) is 11.7 Å². The fourth-order valence-corrected chi connectivity index (χ4v) is 10.4. The fourth-order valence-electron chi connectivity index (χ4n) is 10.4. The molecule has 0 amide bonds. The SMILES string of the molecule is CN=C(N)NCCC/C=C/CCCC(C)CC(C)C1OC(=O)/C=C/C(C)C(O)CC(O)C(C)C(O)CCCCCCCCC(C)C(O)CC2(O)OC(CC(O)CC(O)CC(O)C(C)C(O)/C=C/C1C)CC(O)C2O. The van der Waals surface area contributed by atoms with E-state index in [1.54, 1.807) is 46.0 Å². The van der Waals surface area contributed by atoms with Crippen molar-refractivity contribution in [2.45, 2.75) is 256 Å². The lowest BCUT2D eigenvalue weighted by Gasteiger charge is -2.45. The molecule has 0 aromatic carbocycles. The topological polar surface area (TPSA) is 308 Å². The van der Waals surface area contributed by atoms with E-state index in [0.29, 0.717) is 24.7 Å². The predicted octanol–water partition coefficient (Wildman–Crippen LogP) is 5.07. The van der Waals surface area contributed by atoms with Crippen LogP contribution in [0.2, 0.25) is 0 Å². The van der Waals surface area contributed by atoms with Crippen molar-refractivity contribution in [2.24, 2.45) is 52.2 Å². The van der Waals surface area contributed by atoms with Crippen molar-refractivity contribution in [1.29, 1.82) is 0 Å². The number of hydrogen-bond acceptors (Lipinski definition) is 15. The first-order valence-electron chi connectivity index (χ1n) is 28.3. The molecular formula is C57H105N3O14. The van der Waals surface area contributed by atoms with Gasteiger partial charge in [0.1, 0.15) is 12.2 Å². The van der Waals surface area contributed by atoms with Gasteiger partial charge in [-0.2, -0.15) is 0 Å². The number of unbranched alkanes of at least 4 members (excludes halogenated alkanes) is 2. The molecule has 2 heterocycles. The highest BCUT2D eigenvalue weighted by Crippen LogP contribution is 2.36. The van der Waals surface area contributed by atoms with Gasteiger partial charge in [-0.3, -0.25) is 4.99 Å². The van der Waals surface area contributed by atoms with Crippen LogP contribution in [0.1, 0.15) is 177 Å². The minimum absolute atomic E-state index is 0.00854. The van der Waals surface area contributed by atoms with Gasteiger partial charge in [0.25, 0.3) is 0 Å². The summed E-state index contributed by atoms with van der Waals surface area (Å²) in [7, 11) is 1.64. The number of cyclic esters (lactones) is 1. The summed E-state index contributed by atoms with van der Waals surface area (Å²) >= 11 is 0. The molecule has 0 aromatic heterocycles. The summed E-state index contributed by atoms with van der Waals surface area (Å²) in [6.07, 6.45) is 8.52. The largest absolute Gasteiger partial charge is 0.458 e. The molecule has 14 N–H and O–H groups in total. The standard InChI is InChI=1S/C57H105N3O14/c1-36(21-17-13-11-12-16-20-28-60-56(58)59-8)29-40(5)54-39(4)24-26-47(64)42(7)49(66)32-44(62)30-43(61)31-45-33-51(68)55(71)57(72,74-45)35-52(69)37(2)22-18-14-9-10-15-19-23-46(63)41(6)50(67)34-48(65)38(3)25-27-53(70)73-54/h11-12,24-27,36-52,54-55,61-69,71-72H,9-10,13-23,28-35H2,1-8H3,(H3,58,59,60)/b12-11+,26-24+,27-25+. The van der Waals surface area contributed by atoms with E-state index in [1.165, 1.54) is 6.08 Å². The van der Waals surface area contributed by atoms with E-state index in [2.05, 4.69) is 29.4 Å². The molecule has 0 saturated carbocycles. The number of aliphatic hydroxyl groups is 11. The molecule has 0 aromatic rings. The third-order valence-corrected chi connectivity index (χ3v) is 15.9. The lowest BCUT2D eigenvalue weighted by molar-refractivity contribution is -0.333. The normalized spacial score (nSPS) is 39.4. The lowest BCUT2D eigenvalue weighted by Crippen LogP contribution is -2.59.